The van der Waals surface area contributed by atoms with Crippen LogP contribution in [-0.4, -0.2) is 32.1 Å². The van der Waals surface area contributed by atoms with Crippen LogP contribution in [0.3, 0.4) is 0 Å². The second-order valence-corrected chi connectivity index (χ2v) is 4.35. The highest BCUT2D eigenvalue weighted by molar-refractivity contribution is 5.92. The molecule has 0 aliphatic heterocycles. The van der Waals surface area contributed by atoms with Crippen molar-refractivity contribution in [2.45, 2.75) is 27.3 Å². The molecule has 2 heterocycles. The number of imidazole rings is 1. The Morgan fingerprint density at radius 2 is 2.10 bits per heavy atom. The van der Waals surface area contributed by atoms with E-state index in [1.165, 1.54) is 0 Å². The molecule has 0 atom stereocenters. The van der Waals surface area contributed by atoms with E-state index >= 15 is 0 Å². The lowest BCUT2D eigenvalue weighted by molar-refractivity contribution is 0.0521. The van der Waals surface area contributed by atoms with E-state index in [0.29, 0.717) is 12.4 Å². The van der Waals surface area contributed by atoms with Crippen molar-refractivity contribution in [2.24, 2.45) is 0 Å². The van der Waals surface area contributed by atoms with Crippen LogP contribution in [0.2, 0.25) is 0 Å². The number of hydrogen-bond acceptors (Lipinski definition) is 6. The molecule has 0 radical (unpaired) electrons. The van der Waals surface area contributed by atoms with Gasteiger partial charge >= 0.3 is 5.97 Å². The van der Waals surface area contributed by atoms with Gasteiger partial charge in [0, 0.05) is 6.20 Å². The van der Waals surface area contributed by atoms with E-state index in [0.717, 1.165) is 11.4 Å². The van der Waals surface area contributed by atoms with Crippen molar-refractivity contribution < 1.29 is 9.53 Å². The summed E-state index contributed by atoms with van der Waals surface area (Å²) in [6.45, 7) is 6.08. The fourth-order valence-corrected chi connectivity index (χ4v) is 1.79. The first kappa shape index (κ1) is 14.0. The lowest BCUT2D eigenvalue weighted by atomic mass is 10.4. The van der Waals surface area contributed by atoms with Gasteiger partial charge in [-0.3, -0.25) is 9.97 Å². The number of ether oxygens (including phenoxy) is 1. The molecule has 0 bridgehead atoms. The lowest BCUT2D eigenvalue weighted by Gasteiger charge is -2.07. The molecule has 0 saturated heterocycles. The first-order chi connectivity index (χ1) is 9.52. The average molecular weight is 275 g/mol. The Hall–Kier alpha value is -2.44. The molecular weight excluding hydrogens is 258 g/mol. The Kier molecular flexibility index (Phi) is 3.97. The van der Waals surface area contributed by atoms with Gasteiger partial charge in [-0.05, 0) is 20.8 Å². The number of rotatable bonds is 4. The largest absolute Gasteiger partial charge is 0.461 e. The zero-order chi connectivity index (χ0) is 14.7. The summed E-state index contributed by atoms with van der Waals surface area (Å²) in [5, 5.41) is 0. The van der Waals surface area contributed by atoms with Gasteiger partial charge in [0.05, 0.1) is 30.7 Å². The van der Waals surface area contributed by atoms with Crippen LogP contribution in [0.1, 0.15) is 34.6 Å². The van der Waals surface area contributed by atoms with Gasteiger partial charge in [-0.25, -0.2) is 9.78 Å². The molecule has 7 heteroatoms. The molecular formula is C13H17N5O2. The van der Waals surface area contributed by atoms with Crippen molar-refractivity contribution in [3.63, 3.8) is 0 Å². The molecule has 2 aromatic heterocycles. The van der Waals surface area contributed by atoms with Gasteiger partial charge in [0.25, 0.3) is 0 Å². The number of hydrogen-bond donors (Lipinski definition) is 1. The summed E-state index contributed by atoms with van der Waals surface area (Å²) in [5.41, 5.74) is 7.70. The van der Waals surface area contributed by atoms with Gasteiger partial charge in [0.15, 0.2) is 5.69 Å². The normalized spacial score (nSPS) is 10.6. The van der Waals surface area contributed by atoms with Crippen molar-refractivity contribution in [1.29, 1.82) is 0 Å². The maximum atomic E-state index is 11.7. The third-order valence-electron chi connectivity index (χ3n) is 2.82. The Balaban J connectivity index is 2.28. The van der Waals surface area contributed by atoms with E-state index in [1.807, 2.05) is 6.92 Å². The topological polar surface area (TPSA) is 95.9 Å². The van der Waals surface area contributed by atoms with Crippen molar-refractivity contribution in [1.82, 2.24) is 19.5 Å². The SMILES string of the molecule is CCOC(=O)c1nc(C)n(Cc2cnc(C)cn2)c1N. The minimum absolute atomic E-state index is 0.143. The number of nitrogens with two attached hydrogens (primary N) is 1. The van der Waals surface area contributed by atoms with Crippen molar-refractivity contribution in [3.05, 3.63) is 35.3 Å². The highest BCUT2D eigenvalue weighted by Gasteiger charge is 2.19. The third kappa shape index (κ3) is 2.76. The van der Waals surface area contributed by atoms with Crippen LogP contribution in [0.25, 0.3) is 0 Å². The molecule has 20 heavy (non-hydrogen) atoms. The summed E-state index contributed by atoms with van der Waals surface area (Å²) in [6.07, 6.45) is 3.36. The number of aromatic nitrogens is 4. The molecule has 0 amide bonds. The quantitative estimate of drug-likeness (QED) is 0.839. The zero-order valence-electron chi connectivity index (χ0n) is 11.8. The molecule has 0 saturated carbocycles. The van der Waals surface area contributed by atoms with Gasteiger partial charge < -0.3 is 15.0 Å². The molecule has 0 spiro atoms. The second-order valence-electron chi connectivity index (χ2n) is 4.35. The molecule has 7 nitrogen and oxygen atoms in total. The monoisotopic (exact) mass is 275 g/mol. The summed E-state index contributed by atoms with van der Waals surface area (Å²) in [5.74, 6) is 0.401. The maximum absolute atomic E-state index is 11.7. The fraction of sp³-hybridized carbons (Fsp3) is 0.385. The molecule has 106 valence electrons. The molecule has 0 aliphatic carbocycles. The van der Waals surface area contributed by atoms with Crippen LogP contribution in [0.4, 0.5) is 5.82 Å². The number of nitrogens with zero attached hydrogens (tertiary/aromatic N) is 4. The van der Waals surface area contributed by atoms with E-state index in [1.54, 1.807) is 30.8 Å². The first-order valence-electron chi connectivity index (χ1n) is 6.30. The number of carbonyl (C=O) groups excluding carboxylic acids is 1. The van der Waals surface area contributed by atoms with Gasteiger partial charge in [0.1, 0.15) is 11.6 Å². The number of aryl methyl sites for hydroxylation is 2. The Morgan fingerprint density at radius 1 is 1.35 bits per heavy atom. The van der Waals surface area contributed by atoms with E-state index in [9.17, 15) is 4.79 Å². The summed E-state index contributed by atoms with van der Waals surface area (Å²) < 4.78 is 6.63. The summed E-state index contributed by atoms with van der Waals surface area (Å²) >= 11 is 0. The van der Waals surface area contributed by atoms with Crippen molar-refractivity contribution in [3.8, 4) is 0 Å². The highest BCUT2D eigenvalue weighted by atomic mass is 16.5. The number of esters is 1. The fourth-order valence-electron chi connectivity index (χ4n) is 1.79. The van der Waals surface area contributed by atoms with Gasteiger partial charge in [-0.2, -0.15) is 0 Å². The van der Waals surface area contributed by atoms with Crippen LogP contribution in [0, 0.1) is 13.8 Å². The lowest BCUT2D eigenvalue weighted by Crippen LogP contribution is -2.11. The number of carbonyl (C=O) groups is 1. The molecule has 0 unspecified atom stereocenters. The van der Waals surface area contributed by atoms with Crippen LogP contribution in [0.5, 0.6) is 0 Å². The maximum Gasteiger partial charge on any atom is 0.360 e. The third-order valence-corrected chi connectivity index (χ3v) is 2.82. The minimum Gasteiger partial charge on any atom is -0.461 e. The Bertz CT molecular complexity index is 618. The number of nitrogen functional groups attached to an aromatic ring is 1. The smallest absolute Gasteiger partial charge is 0.360 e. The van der Waals surface area contributed by atoms with Gasteiger partial charge in [-0.15, -0.1) is 0 Å². The van der Waals surface area contributed by atoms with Crippen molar-refractivity contribution in [2.75, 3.05) is 12.3 Å². The van der Waals surface area contributed by atoms with Crippen LogP contribution >= 0.6 is 0 Å². The van der Waals surface area contributed by atoms with E-state index in [-0.39, 0.29) is 18.1 Å². The summed E-state index contributed by atoms with van der Waals surface area (Å²) in [4.78, 5) is 24.3. The van der Waals surface area contributed by atoms with Crippen LogP contribution in [-0.2, 0) is 11.3 Å². The summed E-state index contributed by atoms with van der Waals surface area (Å²) in [6, 6.07) is 0. The van der Waals surface area contributed by atoms with E-state index in [2.05, 4.69) is 15.0 Å². The molecule has 0 aliphatic rings. The van der Waals surface area contributed by atoms with Crippen molar-refractivity contribution >= 4 is 11.8 Å². The molecule has 0 fully saturated rings. The van der Waals surface area contributed by atoms with Crippen LogP contribution < -0.4 is 5.73 Å². The molecule has 0 aromatic carbocycles. The molecule has 2 N–H and O–H groups in total. The summed E-state index contributed by atoms with van der Waals surface area (Å²) in [7, 11) is 0. The zero-order valence-corrected chi connectivity index (χ0v) is 11.8. The molecule has 2 rings (SSSR count). The van der Waals surface area contributed by atoms with E-state index in [4.69, 9.17) is 10.5 Å². The predicted octanol–water partition coefficient (Wildman–Crippen LogP) is 1.10. The minimum atomic E-state index is -0.512. The van der Waals surface area contributed by atoms with Crippen LogP contribution in [0.15, 0.2) is 12.4 Å². The Labute approximate surface area is 116 Å². The Morgan fingerprint density at radius 3 is 2.70 bits per heavy atom. The highest BCUT2D eigenvalue weighted by Crippen LogP contribution is 2.16. The average Bonchev–Trinajstić information content (AvgIpc) is 2.69. The standard InChI is InChI=1S/C13H17N5O2/c1-4-20-13(19)11-12(14)18(9(3)17-11)7-10-6-15-8(2)5-16-10/h5-6H,4,7,14H2,1-3H3. The van der Waals surface area contributed by atoms with E-state index < -0.39 is 5.97 Å². The van der Waals surface area contributed by atoms with Gasteiger partial charge in [0.2, 0.25) is 0 Å². The first-order valence-corrected chi connectivity index (χ1v) is 6.30. The number of anilines is 1. The second kappa shape index (κ2) is 5.68. The van der Waals surface area contributed by atoms with Gasteiger partial charge in [-0.1, -0.05) is 0 Å². The predicted molar refractivity (Wildman–Crippen MR) is 73.2 cm³/mol. The molecule has 2 aromatic rings.